The molecular weight excluding hydrogens is 488 g/mol. The predicted molar refractivity (Wildman–Crippen MR) is 146 cm³/mol. The van der Waals surface area contributed by atoms with Gasteiger partial charge in [-0.25, -0.2) is 0 Å². The van der Waals surface area contributed by atoms with E-state index in [4.69, 9.17) is 11.6 Å². The number of aryl methyl sites for hydroxylation is 1. The number of rotatable bonds is 9. The molecule has 2 aliphatic rings. The fraction of sp³-hybridized carbons (Fsp3) is 0.345. The molecule has 1 saturated heterocycles. The van der Waals surface area contributed by atoms with Crippen molar-refractivity contribution in [1.29, 1.82) is 0 Å². The summed E-state index contributed by atoms with van der Waals surface area (Å²) in [6.07, 6.45) is 2.16. The van der Waals surface area contributed by atoms with E-state index in [0.29, 0.717) is 36.7 Å². The molecule has 2 aromatic carbocycles. The molecule has 8 heteroatoms. The SMILES string of the molecule is C=C1CCC(N2C(=O)C=C(Nc3cccc(C(CNCc4ccc(C)c(Cl)c4)C(C)C)c3)C2=O)C(=O)N1. The third-order valence-electron chi connectivity index (χ3n) is 6.92. The Kier molecular flexibility index (Phi) is 8.15. The number of imide groups is 1. The average Bonchev–Trinajstić information content (AvgIpc) is 3.11. The maximum atomic E-state index is 13.0. The number of hydrogen-bond acceptors (Lipinski definition) is 5. The molecule has 0 aromatic heterocycles. The highest BCUT2D eigenvalue weighted by molar-refractivity contribution is 6.31. The van der Waals surface area contributed by atoms with Gasteiger partial charge in [0.15, 0.2) is 0 Å². The maximum absolute atomic E-state index is 13.0. The van der Waals surface area contributed by atoms with E-state index in [9.17, 15) is 14.4 Å². The Hall–Kier alpha value is -3.42. The summed E-state index contributed by atoms with van der Waals surface area (Å²) in [5.74, 6) is -0.769. The van der Waals surface area contributed by atoms with Crippen molar-refractivity contribution < 1.29 is 14.4 Å². The molecule has 3 amide bonds. The van der Waals surface area contributed by atoms with Crippen LogP contribution in [0.1, 0.15) is 49.3 Å². The molecule has 0 bridgehead atoms. The first-order valence-electron chi connectivity index (χ1n) is 12.5. The van der Waals surface area contributed by atoms with Gasteiger partial charge in [0, 0.05) is 35.6 Å². The van der Waals surface area contributed by atoms with Crippen molar-refractivity contribution in [1.82, 2.24) is 15.5 Å². The van der Waals surface area contributed by atoms with Crippen molar-refractivity contribution in [3.05, 3.63) is 88.2 Å². The van der Waals surface area contributed by atoms with E-state index >= 15 is 0 Å². The number of allylic oxidation sites excluding steroid dienone is 1. The lowest BCUT2D eigenvalue weighted by Gasteiger charge is -2.29. The number of anilines is 1. The minimum absolute atomic E-state index is 0.162. The van der Waals surface area contributed by atoms with Gasteiger partial charge in [0.2, 0.25) is 5.91 Å². The Morgan fingerprint density at radius 1 is 1.16 bits per heavy atom. The summed E-state index contributed by atoms with van der Waals surface area (Å²) in [4.78, 5) is 39.1. The zero-order valence-electron chi connectivity index (χ0n) is 21.4. The molecule has 0 radical (unpaired) electrons. The second-order valence-electron chi connectivity index (χ2n) is 10.0. The fourth-order valence-corrected chi connectivity index (χ4v) is 4.94. The van der Waals surface area contributed by atoms with Gasteiger partial charge in [-0.1, -0.05) is 56.3 Å². The molecule has 2 aromatic rings. The molecule has 7 nitrogen and oxygen atoms in total. The van der Waals surface area contributed by atoms with Crippen molar-refractivity contribution in [2.45, 2.75) is 52.1 Å². The van der Waals surface area contributed by atoms with Gasteiger partial charge in [-0.15, -0.1) is 0 Å². The van der Waals surface area contributed by atoms with Gasteiger partial charge in [0.1, 0.15) is 11.7 Å². The van der Waals surface area contributed by atoms with E-state index in [1.807, 2.05) is 37.3 Å². The number of carbonyl (C=O) groups is 3. The highest BCUT2D eigenvalue weighted by Crippen LogP contribution is 2.28. The van der Waals surface area contributed by atoms with Crippen molar-refractivity contribution in [3.8, 4) is 0 Å². The van der Waals surface area contributed by atoms with Crippen LogP contribution in [0.25, 0.3) is 0 Å². The number of benzene rings is 2. The number of piperidine rings is 1. The number of nitrogens with one attached hydrogen (secondary N) is 3. The van der Waals surface area contributed by atoms with Crippen molar-refractivity contribution in [2.75, 3.05) is 11.9 Å². The van der Waals surface area contributed by atoms with Crippen LogP contribution in [0.3, 0.4) is 0 Å². The third-order valence-corrected chi connectivity index (χ3v) is 7.32. The number of amides is 3. The first kappa shape index (κ1) is 26.6. The zero-order chi connectivity index (χ0) is 26.7. The molecule has 1 fully saturated rings. The van der Waals surface area contributed by atoms with Crippen molar-refractivity contribution >= 4 is 35.0 Å². The largest absolute Gasteiger partial charge is 0.351 e. The van der Waals surface area contributed by atoms with E-state index in [-0.39, 0.29) is 17.5 Å². The molecule has 0 saturated carbocycles. The number of hydrogen-bond donors (Lipinski definition) is 3. The van der Waals surface area contributed by atoms with Crippen LogP contribution in [0, 0.1) is 12.8 Å². The summed E-state index contributed by atoms with van der Waals surface area (Å²) in [6.45, 7) is 11.6. The quantitative estimate of drug-likeness (QED) is 0.419. The fourth-order valence-electron chi connectivity index (χ4n) is 4.74. The summed E-state index contributed by atoms with van der Waals surface area (Å²) in [5.41, 5.74) is 4.78. The second kappa shape index (κ2) is 11.3. The Morgan fingerprint density at radius 3 is 2.65 bits per heavy atom. The monoisotopic (exact) mass is 520 g/mol. The van der Waals surface area contributed by atoms with Crippen molar-refractivity contribution in [2.24, 2.45) is 5.92 Å². The summed E-state index contributed by atoms with van der Waals surface area (Å²) in [5, 5.41) is 10.1. The first-order chi connectivity index (χ1) is 17.6. The minimum Gasteiger partial charge on any atom is -0.351 e. The molecule has 0 spiro atoms. The van der Waals surface area contributed by atoms with Gasteiger partial charge >= 0.3 is 0 Å². The summed E-state index contributed by atoms with van der Waals surface area (Å²) in [7, 11) is 0. The molecule has 37 heavy (non-hydrogen) atoms. The molecule has 194 valence electrons. The Labute approximate surface area is 222 Å². The average molecular weight is 521 g/mol. The standard InChI is InChI=1S/C29H33ClN4O3/c1-17(2)23(16-31-15-20-10-8-18(3)24(30)12-20)21-6-5-7-22(13-21)33-25-14-27(35)34(29(25)37)26-11-9-19(4)32-28(26)36/h5-8,10,12-14,17,23,26,31,33H,4,9,11,15-16H2,1-3H3,(H,32,36). The van der Waals surface area contributed by atoms with Crippen LogP contribution in [0.5, 0.6) is 0 Å². The lowest BCUT2D eigenvalue weighted by molar-refractivity contribution is -0.146. The van der Waals surface area contributed by atoms with E-state index in [1.165, 1.54) is 6.08 Å². The first-order valence-corrected chi connectivity index (χ1v) is 12.9. The van der Waals surface area contributed by atoms with Crippen LogP contribution in [0.2, 0.25) is 5.02 Å². The summed E-state index contributed by atoms with van der Waals surface area (Å²) >= 11 is 6.26. The Bertz CT molecular complexity index is 1270. The van der Waals surface area contributed by atoms with Crippen LogP contribution >= 0.6 is 11.6 Å². The highest BCUT2D eigenvalue weighted by Gasteiger charge is 2.41. The van der Waals surface area contributed by atoms with Gasteiger partial charge in [-0.2, -0.15) is 0 Å². The second-order valence-corrected chi connectivity index (χ2v) is 10.4. The van der Waals surface area contributed by atoms with E-state index in [0.717, 1.165) is 33.2 Å². The maximum Gasteiger partial charge on any atom is 0.278 e. The molecule has 4 rings (SSSR count). The smallest absolute Gasteiger partial charge is 0.278 e. The molecule has 3 N–H and O–H groups in total. The normalized spacial score (nSPS) is 18.8. The van der Waals surface area contributed by atoms with Gasteiger partial charge in [-0.3, -0.25) is 19.3 Å². The van der Waals surface area contributed by atoms with Crippen LogP contribution in [-0.2, 0) is 20.9 Å². The number of halogens is 1. The minimum atomic E-state index is -0.827. The van der Waals surface area contributed by atoms with Gasteiger partial charge < -0.3 is 16.0 Å². The number of carbonyl (C=O) groups excluding carboxylic acids is 3. The lowest BCUT2D eigenvalue weighted by Crippen LogP contribution is -2.52. The zero-order valence-corrected chi connectivity index (χ0v) is 22.2. The Balaban J connectivity index is 1.42. The summed E-state index contributed by atoms with van der Waals surface area (Å²) in [6, 6.07) is 13.1. The third kappa shape index (κ3) is 6.12. The highest BCUT2D eigenvalue weighted by atomic mass is 35.5. The molecule has 2 atom stereocenters. The van der Waals surface area contributed by atoms with Crippen LogP contribution in [0.4, 0.5) is 5.69 Å². The molecular formula is C29H33ClN4O3. The van der Waals surface area contributed by atoms with Gasteiger partial charge in [-0.05, 0) is 66.5 Å². The molecule has 2 heterocycles. The van der Waals surface area contributed by atoms with Crippen LogP contribution < -0.4 is 16.0 Å². The van der Waals surface area contributed by atoms with E-state index < -0.39 is 17.9 Å². The predicted octanol–water partition coefficient (Wildman–Crippen LogP) is 4.63. The van der Waals surface area contributed by atoms with E-state index in [1.54, 1.807) is 0 Å². The van der Waals surface area contributed by atoms with Crippen LogP contribution in [-0.4, -0.2) is 35.2 Å². The Morgan fingerprint density at radius 2 is 1.95 bits per heavy atom. The van der Waals surface area contributed by atoms with Crippen molar-refractivity contribution in [3.63, 3.8) is 0 Å². The molecule has 2 unspecified atom stereocenters. The number of nitrogens with zero attached hydrogens (tertiary/aromatic N) is 1. The molecule has 2 aliphatic heterocycles. The topological polar surface area (TPSA) is 90.5 Å². The summed E-state index contributed by atoms with van der Waals surface area (Å²) < 4.78 is 0. The van der Waals surface area contributed by atoms with Gasteiger partial charge in [0.25, 0.3) is 11.8 Å². The lowest BCUT2D eigenvalue weighted by atomic mass is 9.88. The molecule has 0 aliphatic carbocycles. The van der Waals surface area contributed by atoms with Gasteiger partial charge in [0.05, 0.1) is 0 Å². The van der Waals surface area contributed by atoms with E-state index in [2.05, 4.69) is 48.5 Å². The van der Waals surface area contributed by atoms with Crippen LogP contribution in [0.15, 0.2) is 66.5 Å².